The number of para-hydroxylation sites is 4. The first-order valence-electron chi connectivity index (χ1n) is 26.2. The second-order valence-corrected chi connectivity index (χ2v) is 21.2. The highest BCUT2D eigenvalue weighted by Crippen LogP contribution is 2.49. The van der Waals surface area contributed by atoms with Gasteiger partial charge >= 0.3 is 0 Å². The number of ether oxygens (including phenoxy) is 2. The Bertz CT molecular complexity index is 4480. The summed E-state index contributed by atoms with van der Waals surface area (Å²) < 4.78 is 14.2. The lowest BCUT2D eigenvalue weighted by molar-refractivity contribution is 0.464. The van der Waals surface area contributed by atoms with Crippen LogP contribution >= 0.6 is 0 Å². The molecule has 78 heavy (non-hydrogen) atoms. The van der Waals surface area contributed by atoms with Gasteiger partial charge in [0.15, 0.2) is 5.69 Å². The lowest BCUT2D eigenvalue weighted by atomic mass is 9.29. The summed E-state index contributed by atoms with van der Waals surface area (Å²) in [6.07, 6.45) is 0. The van der Waals surface area contributed by atoms with Crippen LogP contribution in [0.5, 0.6) is 23.0 Å². The van der Waals surface area contributed by atoms with Crippen LogP contribution in [0.15, 0.2) is 182 Å². The lowest BCUT2D eigenvalue weighted by Crippen LogP contribution is -2.65. The molecule has 0 spiro atoms. The van der Waals surface area contributed by atoms with E-state index in [1.807, 2.05) is 36.4 Å². The molecule has 6 aliphatic heterocycles. The third-order valence-electron chi connectivity index (χ3n) is 16.8. The van der Waals surface area contributed by atoms with E-state index in [2.05, 4.69) is 203 Å². The van der Waals surface area contributed by atoms with Crippen LogP contribution in [-0.4, -0.2) is 20.1 Å². The molecule has 0 bridgehead atoms. The van der Waals surface area contributed by atoms with Crippen molar-refractivity contribution in [1.82, 2.24) is 0 Å². The normalized spacial score (nSPS) is 13.7. The van der Waals surface area contributed by atoms with E-state index in [0.717, 1.165) is 123 Å². The summed E-state index contributed by atoms with van der Waals surface area (Å²) in [4.78, 5) is 11.1. The summed E-state index contributed by atoms with van der Waals surface area (Å²) in [6, 6.07) is 68.3. The molecule has 6 heterocycles. The van der Waals surface area contributed by atoms with Crippen molar-refractivity contribution in [2.45, 2.75) is 20.8 Å². The topological polar surface area (TPSA) is 92.1 Å². The van der Waals surface area contributed by atoms with Crippen LogP contribution < -0.4 is 78.7 Å². The summed E-state index contributed by atoms with van der Waals surface area (Å²) in [5.41, 5.74) is 25.3. The van der Waals surface area contributed by atoms with E-state index in [1.54, 1.807) is 0 Å². The lowest BCUT2D eigenvalue weighted by Gasteiger charge is -2.45. The predicted octanol–water partition coefficient (Wildman–Crippen LogP) is 10.1. The van der Waals surface area contributed by atoms with Gasteiger partial charge in [-0.25, -0.2) is 4.85 Å². The number of rotatable bonds is 3. The maximum atomic E-state index is 10.5. The van der Waals surface area contributed by atoms with E-state index in [4.69, 9.17) is 16.0 Å². The Morgan fingerprint density at radius 1 is 0.436 bits per heavy atom. The van der Waals surface area contributed by atoms with Gasteiger partial charge in [-0.15, -0.1) is 0 Å². The van der Waals surface area contributed by atoms with Gasteiger partial charge in [-0.1, -0.05) is 103 Å². The standard InChI is InChI=1S/C66H40B3N7O2/c1-37-23-38(2)66(39(3)24-37)76-55-34-60-50(32-48(55)68-46-20-12-14-22-54(46)75(44-17-9-6-10-18-44)57-29-42(72-4)30-58(76)64(57)68)69-49-31-47-51(33-59(49)77-61-27-41(36-71)28-62(78-60)65(61)69)73-52-25-40(35-70)26-56-63(52)67(47)45-19-11-13-21-53(45)74(56)43-15-7-5-8-16-43/h5-34,73H,1-3H3. The van der Waals surface area contributed by atoms with Crippen LogP contribution in [-0.2, 0) is 0 Å². The molecule has 6 aliphatic rings. The van der Waals surface area contributed by atoms with Gasteiger partial charge in [0.2, 0.25) is 0 Å². The molecular weight excluding hydrogens is 955 g/mol. The number of benzene rings is 10. The second-order valence-electron chi connectivity index (χ2n) is 21.2. The zero-order valence-corrected chi connectivity index (χ0v) is 42.6. The molecule has 360 valence electrons. The summed E-state index contributed by atoms with van der Waals surface area (Å²) in [6.45, 7) is 14.2. The molecule has 0 amide bonds. The minimum atomic E-state index is -0.367. The highest BCUT2D eigenvalue weighted by atomic mass is 16.5. The molecule has 0 fully saturated rings. The first kappa shape index (κ1) is 44.0. The average molecular weight is 996 g/mol. The van der Waals surface area contributed by atoms with Gasteiger partial charge in [-0.2, -0.15) is 10.5 Å². The monoisotopic (exact) mass is 995 g/mol. The van der Waals surface area contributed by atoms with Crippen LogP contribution in [0.2, 0.25) is 0 Å². The molecule has 10 aromatic carbocycles. The molecule has 0 unspecified atom stereocenters. The Labute approximate surface area is 452 Å². The number of hydrogen-bond acceptors (Lipinski definition) is 8. The van der Waals surface area contributed by atoms with Gasteiger partial charge in [0.25, 0.3) is 20.1 Å². The van der Waals surface area contributed by atoms with Crippen LogP contribution in [0.3, 0.4) is 0 Å². The van der Waals surface area contributed by atoms with Crippen molar-refractivity contribution in [3.05, 3.63) is 221 Å². The molecule has 0 saturated heterocycles. The van der Waals surface area contributed by atoms with Crippen molar-refractivity contribution in [2.75, 3.05) is 20.0 Å². The summed E-state index contributed by atoms with van der Waals surface area (Å²) >= 11 is 0. The van der Waals surface area contributed by atoms with Crippen LogP contribution in [0, 0.1) is 50.0 Å². The van der Waals surface area contributed by atoms with E-state index in [9.17, 15) is 10.5 Å². The van der Waals surface area contributed by atoms with Crippen molar-refractivity contribution in [3.63, 3.8) is 0 Å². The number of fused-ring (bicyclic) bond motifs is 12. The van der Waals surface area contributed by atoms with Crippen LogP contribution in [0.4, 0.5) is 68.2 Å². The highest BCUT2D eigenvalue weighted by molar-refractivity contribution is 7.03. The zero-order chi connectivity index (χ0) is 52.2. The molecule has 16 rings (SSSR count). The number of nitriles is 2. The van der Waals surface area contributed by atoms with Crippen LogP contribution in [0.1, 0.15) is 27.8 Å². The fraction of sp³-hybridized carbons (Fsp3) is 0.0455. The summed E-state index contributed by atoms with van der Waals surface area (Å²) in [5.74, 6) is 2.51. The van der Waals surface area contributed by atoms with Gasteiger partial charge in [0.1, 0.15) is 23.0 Å². The first-order chi connectivity index (χ1) is 38.3. The third-order valence-corrected chi connectivity index (χ3v) is 16.8. The Kier molecular flexibility index (Phi) is 9.08. The second kappa shape index (κ2) is 16.1. The minimum absolute atomic E-state index is 0.193. The molecule has 0 saturated carbocycles. The number of nitrogens with zero attached hydrogens (tertiary/aromatic N) is 6. The Morgan fingerprint density at radius 3 is 1.55 bits per heavy atom. The maximum absolute atomic E-state index is 10.5. The van der Waals surface area contributed by atoms with E-state index in [-0.39, 0.29) is 20.1 Å². The molecule has 1 N–H and O–H groups in total. The number of nitrogens with one attached hydrogen (secondary N) is 1. The average Bonchev–Trinajstić information content (AvgIpc) is 3.37. The van der Waals surface area contributed by atoms with Crippen molar-refractivity contribution in [2.24, 2.45) is 0 Å². The van der Waals surface area contributed by atoms with Gasteiger partial charge < -0.3 is 29.5 Å². The zero-order valence-electron chi connectivity index (χ0n) is 42.6. The number of aryl methyl sites for hydroxylation is 3. The Balaban J connectivity index is 0.964. The molecule has 9 nitrogen and oxygen atoms in total. The van der Waals surface area contributed by atoms with Crippen LogP contribution in [0.25, 0.3) is 4.85 Å². The van der Waals surface area contributed by atoms with Gasteiger partial charge in [0, 0.05) is 74.5 Å². The van der Waals surface area contributed by atoms with E-state index in [1.165, 1.54) is 5.56 Å². The van der Waals surface area contributed by atoms with Crippen molar-refractivity contribution >= 4 is 138 Å². The Hall–Kier alpha value is -10.3. The van der Waals surface area contributed by atoms with Crippen molar-refractivity contribution < 1.29 is 9.47 Å². The SMILES string of the molecule is [C-]#[N+]c1cc2c3c(c1)N(c1c(C)cc(C)cc1C)c1cc4c(cc1B3c1ccccc1N2c1ccccc1)B1c2cc3c(cc2Oc2cc(C#N)cc(c21)O4)Nc1cc(C#N)cc2c1B3c1ccccc1N2c1ccccc1. The molecular formula is C66H40B3N7O2. The quantitative estimate of drug-likeness (QED) is 0.138. The van der Waals surface area contributed by atoms with E-state index < -0.39 is 0 Å². The molecule has 0 aromatic heterocycles. The Morgan fingerprint density at radius 2 is 0.949 bits per heavy atom. The smallest absolute Gasteiger partial charge is 0.260 e. The fourth-order valence-electron chi connectivity index (χ4n) is 13.9. The largest absolute Gasteiger partial charge is 0.458 e. The molecule has 0 aliphatic carbocycles. The molecule has 0 atom stereocenters. The predicted molar refractivity (Wildman–Crippen MR) is 317 cm³/mol. The maximum Gasteiger partial charge on any atom is 0.260 e. The van der Waals surface area contributed by atoms with Crippen molar-refractivity contribution in [3.8, 4) is 35.1 Å². The minimum Gasteiger partial charge on any atom is -0.458 e. The van der Waals surface area contributed by atoms with E-state index >= 15 is 0 Å². The number of hydrogen-bond donors (Lipinski definition) is 1. The summed E-state index contributed by atoms with van der Waals surface area (Å²) in [7, 11) is 0. The van der Waals surface area contributed by atoms with Gasteiger partial charge in [-0.05, 0) is 148 Å². The molecule has 12 heteroatoms. The molecule has 0 radical (unpaired) electrons. The first-order valence-corrected chi connectivity index (χ1v) is 26.2. The van der Waals surface area contributed by atoms with E-state index in [0.29, 0.717) is 39.8 Å². The number of anilines is 11. The van der Waals surface area contributed by atoms with Gasteiger partial charge in [-0.3, -0.25) is 0 Å². The summed E-state index contributed by atoms with van der Waals surface area (Å²) in [5, 5.41) is 24.8. The molecule has 10 aromatic rings. The highest BCUT2D eigenvalue weighted by Gasteiger charge is 2.49. The fourth-order valence-corrected chi connectivity index (χ4v) is 13.9. The van der Waals surface area contributed by atoms with Gasteiger partial charge in [0.05, 0.1) is 35.5 Å². The third kappa shape index (κ3) is 6.01. The van der Waals surface area contributed by atoms with Crippen molar-refractivity contribution in [1.29, 1.82) is 10.5 Å².